The Kier molecular flexibility index (Phi) is 6.55. The summed E-state index contributed by atoms with van der Waals surface area (Å²) < 4.78 is 8.16. The van der Waals surface area contributed by atoms with Crippen molar-refractivity contribution in [3.63, 3.8) is 0 Å². The van der Waals surface area contributed by atoms with Gasteiger partial charge in [0.2, 0.25) is 0 Å². The second-order valence-corrected chi connectivity index (χ2v) is 7.18. The number of hydrogen-bond acceptors (Lipinski definition) is 3. The van der Waals surface area contributed by atoms with Crippen molar-refractivity contribution in [3.8, 4) is 5.75 Å². The van der Waals surface area contributed by atoms with Crippen LogP contribution < -0.4 is 10.1 Å². The van der Waals surface area contributed by atoms with E-state index in [0.717, 1.165) is 34.2 Å². The predicted octanol–water partition coefficient (Wildman–Crippen LogP) is 5.35. The fourth-order valence-corrected chi connectivity index (χ4v) is 3.58. The maximum atomic E-state index is 5.97. The topological polar surface area (TPSA) is 21.3 Å². The molecule has 1 aromatic heterocycles. The van der Waals surface area contributed by atoms with Crippen LogP contribution in [0.2, 0.25) is 0 Å². The fraction of sp³-hybridized carbons (Fsp3) is 0.333. The van der Waals surface area contributed by atoms with E-state index in [1.807, 2.05) is 12.1 Å². The van der Waals surface area contributed by atoms with Crippen molar-refractivity contribution in [2.24, 2.45) is 0 Å². The largest absolute Gasteiger partial charge is 0.488 e. The molecule has 0 fully saturated rings. The van der Waals surface area contributed by atoms with E-state index in [9.17, 15) is 0 Å². The van der Waals surface area contributed by atoms with Crippen molar-refractivity contribution in [1.82, 2.24) is 5.32 Å². The lowest BCUT2D eigenvalue weighted by molar-refractivity contribution is 0.305. The lowest BCUT2D eigenvalue weighted by atomic mass is 10.2. The van der Waals surface area contributed by atoms with Gasteiger partial charge in [-0.1, -0.05) is 22.9 Å². The first-order valence-electron chi connectivity index (χ1n) is 6.54. The molecule has 2 aromatic rings. The number of hydrogen-bond donors (Lipinski definition) is 1. The van der Waals surface area contributed by atoms with E-state index in [0.29, 0.717) is 6.61 Å². The highest BCUT2D eigenvalue weighted by atomic mass is 79.9. The molecule has 0 unspecified atom stereocenters. The summed E-state index contributed by atoms with van der Waals surface area (Å²) in [7, 11) is 0. The first kappa shape index (κ1) is 16.0. The SMILES string of the molecule is CCCNCc1cc(Br)ccc1OCc1sccc1Br. The third kappa shape index (κ3) is 4.58. The maximum absolute atomic E-state index is 5.97. The van der Waals surface area contributed by atoms with E-state index in [1.54, 1.807) is 11.3 Å². The van der Waals surface area contributed by atoms with Gasteiger partial charge in [-0.25, -0.2) is 0 Å². The van der Waals surface area contributed by atoms with Crippen LogP contribution in [-0.4, -0.2) is 6.54 Å². The summed E-state index contributed by atoms with van der Waals surface area (Å²) in [6, 6.07) is 8.20. The Labute approximate surface area is 140 Å². The Morgan fingerprint density at radius 1 is 1.25 bits per heavy atom. The average Bonchev–Trinajstić information content (AvgIpc) is 2.84. The zero-order chi connectivity index (χ0) is 14.4. The Balaban J connectivity index is 2.04. The number of rotatable bonds is 7. The molecule has 1 aromatic carbocycles. The molecule has 2 nitrogen and oxygen atoms in total. The molecule has 0 bridgehead atoms. The molecule has 0 aliphatic carbocycles. The van der Waals surface area contributed by atoms with E-state index in [4.69, 9.17) is 4.74 Å². The molecule has 0 atom stereocenters. The second-order valence-electron chi connectivity index (χ2n) is 4.41. The standard InChI is InChI=1S/C15H17Br2NOS/c1-2-6-18-9-11-8-12(16)3-4-14(11)19-10-15-13(17)5-7-20-15/h3-5,7-8,18H,2,6,9-10H2,1H3. The van der Waals surface area contributed by atoms with E-state index in [-0.39, 0.29) is 0 Å². The van der Waals surface area contributed by atoms with Crippen LogP contribution in [0.15, 0.2) is 38.6 Å². The molecule has 0 aliphatic heterocycles. The van der Waals surface area contributed by atoms with E-state index in [1.165, 1.54) is 10.4 Å². The van der Waals surface area contributed by atoms with Gasteiger partial charge in [0.25, 0.3) is 0 Å². The average molecular weight is 419 g/mol. The van der Waals surface area contributed by atoms with Gasteiger partial charge < -0.3 is 10.1 Å². The zero-order valence-electron chi connectivity index (χ0n) is 11.3. The van der Waals surface area contributed by atoms with Crippen LogP contribution in [0.3, 0.4) is 0 Å². The van der Waals surface area contributed by atoms with Crippen LogP contribution >= 0.6 is 43.2 Å². The van der Waals surface area contributed by atoms with Gasteiger partial charge in [0.15, 0.2) is 0 Å². The molecular formula is C15H17Br2NOS. The highest BCUT2D eigenvalue weighted by Gasteiger charge is 2.07. The van der Waals surface area contributed by atoms with E-state index >= 15 is 0 Å². The lowest BCUT2D eigenvalue weighted by Gasteiger charge is -2.12. The lowest BCUT2D eigenvalue weighted by Crippen LogP contribution is -2.14. The molecule has 2 rings (SSSR count). The van der Waals surface area contributed by atoms with Crippen LogP contribution in [0.25, 0.3) is 0 Å². The first-order valence-corrected chi connectivity index (χ1v) is 9.01. The summed E-state index contributed by atoms with van der Waals surface area (Å²) in [5, 5.41) is 5.48. The van der Waals surface area contributed by atoms with Crippen molar-refractivity contribution in [1.29, 1.82) is 0 Å². The molecule has 5 heteroatoms. The van der Waals surface area contributed by atoms with Crippen molar-refractivity contribution >= 4 is 43.2 Å². The van der Waals surface area contributed by atoms with Crippen molar-refractivity contribution < 1.29 is 4.74 Å². The number of benzene rings is 1. The molecule has 108 valence electrons. The molecule has 0 amide bonds. The summed E-state index contributed by atoms with van der Waals surface area (Å²) in [5.74, 6) is 0.942. The van der Waals surface area contributed by atoms with Gasteiger partial charge in [-0.15, -0.1) is 11.3 Å². The molecule has 0 aliphatic rings. The van der Waals surface area contributed by atoms with Gasteiger partial charge in [0.1, 0.15) is 12.4 Å². The van der Waals surface area contributed by atoms with Crippen molar-refractivity contribution in [2.45, 2.75) is 26.5 Å². The van der Waals surface area contributed by atoms with Gasteiger partial charge in [-0.2, -0.15) is 0 Å². The van der Waals surface area contributed by atoms with Gasteiger partial charge in [-0.3, -0.25) is 0 Å². The van der Waals surface area contributed by atoms with E-state index in [2.05, 4.69) is 61.6 Å². The summed E-state index contributed by atoms with van der Waals surface area (Å²) in [4.78, 5) is 1.21. The van der Waals surface area contributed by atoms with Crippen LogP contribution in [0, 0.1) is 0 Å². The Bertz CT molecular complexity index is 557. The molecule has 1 N–H and O–H groups in total. The molecule has 0 saturated carbocycles. The van der Waals surface area contributed by atoms with Gasteiger partial charge in [0, 0.05) is 21.1 Å². The third-order valence-corrected chi connectivity index (χ3v) is 5.21. The summed E-state index contributed by atoms with van der Waals surface area (Å²) in [6.07, 6.45) is 1.13. The summed E-state index contributed by atoms with van der Waals surface area (Å²) in [5.41, 5.74) is 1.18. The minimum absolute atomic E-state index is 0.598. The number of ether oxygens (including phenoxy) is 1. The highest BCUT2D eigenvalue weighted by Crippen LogP contribution is 2.27. The van der Waals surface area contributed by atoms with Crippen LogP contribution in [0.4, 0.5) is 0 Å². The minimum Gasteiger partial charge on any atom is -0.488 e. The fourth-order valence-electron chi connectivity index (χ4n) is 1.80. The van der Waals surface area contributed by atoms with E-state index < -0.39 is 0 Å². The number of thiophene rings is 1. The number of nitrogens with one attached hydrogen (secondary N) is 1. The van der Waals surface area contributed by atoms with Gasteiger partial charge in [0.05, 0.1) is 4.88 Å². The van der Waals surface area contributed by atoms with Gasteiger partial charge >= 0.3 is 0 Å². The minimum atomic E-state index is 0.598. The van der Waals surface area contributed by atoms with Crippen molar-refractivity contribution in [2.75, 3.05) is 6.54 Å². The molecule has 1 heterocycles. The summed E-state index contributed by atoms with van der Waals surface area (Å²) >= 11 is 8.75. The summed E-state index contributed by atoms with van der Waals surface area (Å²) in [6.45, 7) is 4.61. The maximum Gasteiger partial charge on any atom is 0.124 e. The second kappa shape index (κ2) is 8.17. The molecular weight excluding hydrogens is 402 g/mol. The van der Waals surface area contributed by atoms with Crippen LogP contribution in [0.5, 0.6) is 5.75 Å². The Morgan fingerprint density at radius 2 is 2.10 bits per heavy atom. The number of halogens is 2. The Morgan fingerprint density at radius 3 is 2.80 bits per heavy atom. The molecule has 0 radical (unpaired) electrons. The van der Waals surface area contributed by atoms with Gasteiger partial charge in [-0.05, 0) is 58.5 Å². The quantitative estimate of drug-likeness (QED) is 0.611. The monoisotopic (exact) mass is 417 g/mol. The normalized spacial score (nSPS) is 10.8. The Hall–Kier alpha value is -0.360. The third-order valence-electron chi connectivity index (χ3n) is 2.81. The molecule has 20 heavy (non-hydrogen) atoms. The predicted molar refractivity (Wildman–Crippen MR) is 92.5 cm³/mol. The highest BCUT2D eigenvalue weighted by molar-refractivity contribution is 9.10. The smallest absolute Gasteiger partial charge is 0.124 e. The molecule has 0 saturated heterocycles. The molecule has 0 spiro atoms. The zero-order valence-corrected chi connectivity index (χ0v) is 15.3. The van der Waals surface area contributed by atoms with Crippen LogP contribution in [-0.2, 0) is 13.2 Å². The van der Waals surface area contributed by atoms with Crippen molar-refractivity contribution in [3.05, 3.63) is 49.0 Å². The first-order chi connectivity index (χ1) is 9.70. The van der Waals surface area contributed by atoms with Crippen LogP contribution in [0.1, 0.15) is 23.8 Å².